The molecule has 4 nitrogen and oxygen atoms in total. The summed E-state index contributed by atoms with van der Waals surface area (Å²) in [6, 6.07) is 2.46. The lowest BCUT2D eigenvalue weighted by atomic mass is 9.86. The van der Waals surface area contributed by atoms with Gasteiger partial charge in [-0.15, -0.1) is 0 Å². The van der Waals surface area contributed by atoms with Crippen molar-refractivity contribution in [1.29, 1.82) is 5.26 Å². The zero-order valence-electron chi connectivity index (χ0n) is 9.92. The first-order valence-corrected chi connectivity index (χ1v) is 5.53. The van der Waals surface area contributed by atoms with E-state index < -0.39 is 5.54 Å². The molecule has 0 bridgehead atoms. The van der Waals surface area contributed by atoms with Gasteiger partial charge in [-0.25, -0.2) is 0 Å². The summed E-state index contributed by atoms with van der Waals surface area (Å²) < 4.78 is 5.23. The zero-order valence-corrected chi connectivity index (χ0v) is 9.92. The number of methoxy groups -OCH3 is 1. The lowest BCUT2D eigenvalue weighted by molar-refractivity contribution is 0.00990. The minimum absolute atomic E-state index is 0.278. The Bertz CT molecular complexity index is 230. The highest BCUT2D eigenvalue weighted by Gasteiger charge is 2.40. The number of piperazine rings is 1. The minimum atomic E-state index is -0.461. The molecule has 1 fully saturated rings. The van der Waals surface area contributed by atoms with E-state index in [9.17, 15) is 5.26 Å². The van der Waals surface area contributed by atoms with E-state index in [-0.39, 0.29) is 5.92 Å². The van der Waals surface area contributed by atoms with Gasteiger partial charge in [0.15, 0.2) is 0 Å². The molecule has 0 amide bonds. The van der Waals surface area contributed by atoms with E-state index in [0.717, 1.165) is 26.2 Å². The van der Waals surface area contributed by atoms with Crippen LogP contribution in [0.25, 0.3) is 0 Å². The second kappa shape index (κ2) is 5.45. The van der Waals surface area contributed by atoms with Crippen LogP contribution in [0.2, 0.25) is 0 Å². The van der Waals surface area contributed by atoms with Gasteiger partial charge < -0.3 is 10.1 Å². The van der Waals surface area contributed by atoms with Gasteiger partial charge in [0.25, 0.3) is 0 Å². The van der Waals surface area contributed by atoms with Crippen molar-refractivity contribution in [1.82, 2.24) is 10.2 Å². The molecule has 0 radical (unpaired) electrons. The summed E-state index contributed by atoms with van der Waals surface area (Å²) in [5.74, 6) is 0.278. The molecule has 1 aliphatic rings. The first-order valence-electron chi connectivity index (χ1n) is 5.53. The third-order valence-electron chi connectivity index (χ3n) is 3.19. The lowest BCUT2D eigenvalue weighted by Gasteiger charge is -2.43. The highest BCUT2D eigenvalue weighted by atomic mass is 16.5. The molecule has 0 spiro atoms. The molecular weight excluding hydrogens is 190 g/mol. The molecule has 1 unspecified atom stereocenters. The van der Waals surface area contributed by atoms with Crippen molar-refractivity contribution < 1.29 is 4.74 Å². The van der Waals surface area contributed by atoms with Crippen molar-refractivity contribution in [3.63, 3.8) is 0 Å². The summed E-state index contributed by atoms with van der Waals surface area (Å²) in [5, 5.41) is 12.7. The van der Waals surface area contributed by atoms with Crippen LogP contribution in [0.15, 0.2) is 0 Å². The number of nitriles is 1. The second-order valence-electron chi connectivity index (χ2n) is 4.36. The molecule has 1 heterocycles. The van der Waals surface area contributed by atoms with Crippen LogP contribution in [0.5, 0.6) is 0 Å². The largest absolute Gasteiger partial charge is 0.382 e. The van der Waals surface area contributed by atoms with Gasteiger partial charge >= 0.3 is 0 Å². The normalized spacial score (nSPS) is 22.3. The summed E-state index contributed by atoms with van der Waals surface area (Å²) >= 11 is 0. The van der Waals surface area contributed by atoms with Crippen molar-refractivity contribution in [3.05, 3.63) is 0 Å². The summed E-state index contributed by atoms with van der Waals surface area (Å²) in [6.07, 6.45) is 0. The number of hydrogen-bond donors (Lipinski definition) is 1. The van der Waals surface area contributed by atoms with Gasteiger partial charge in [0.1, 0.15) is 5.54 Å². The van der Waals surface area contributed by atoms with E-state index >= 15 is 0 Å². The highest BCUT2D eigenvalue weighted by Crippen LogP contribution is 2.25. The predicted molar refractivity (Wildman–Crippen MR) is 59.5 cm³/mol. The quantitative estimate of drug-likeness (QED) is 0.734. The molecule has 1 saturated heterocycles. The number of rotatable bonds is 4. The van der Waals surface area contributed by atoms with Crippen LogP contribution in [0.3, 0.4) is 0 Å². The van der Waals surface area contributed by atoms with Crippen molar-refractivity contribution >= 4 is 0 Å². The molecule has 0 aliphatic carbocycles. The summed E-state index contributed by atoms with van der Waals surface area (Å²) in [5.41, 5.74) is -0.461. The zero-order chi connectivity index (χ0) is 11.3. The summed E-state index contributed by atoms with van der Waals surface area (Å²) in [6.45, 7) is 8.43. The lowest BCUT2D eigenvalue weighted by Crippen LogP contribution is -2.60. The van der Waals surface area contributed by atoms with Crippen LogP contribution in [0, 0.1) is 17.2 Å². The predicted octanol–water partition coefficient (Wildman–Crippen LogP) is 0.456. The van der Waals surface area contributed by atoms with Gasteiger partial charge in [-0.3, -0.25) is 4.90 Å². The van der Waals surface area contributed by atoms with E-state index in [0.29, 0.717) is 6.61 Å². The minimum Gasteiger partial charge on any atom is -0.382 e. The van der Waals surface area contributed by atoms with E-state index in [1.807, 2.05) is 0 Å². The molecule has 0 aromatic carbocycles. The van der Waals surface area contributed by atoms with E-state index in [4.69, 9.17) is 4.74 Å². The molecule has 15 heavy (non-hydrogen) atoms. The molecule has 0 aromatic heterocycles. The molecule has 1 atom stereocenters. The van der Waals surface area contributed by atoms with Crippen LogP contribution in [-0.2, 0) is 4.74 Å². The number of nitrogens with one attached hydrogen (secondary N) is 1. The van der Waals surface area contributed by atoms with Crippen LogP contribution in [0.4, 0.5) is 0 Å². The van der Waals surface area contributed by atoms with Crippen LogP contribution in [0.1, 0.15) is 13.8 Å². The maximum absolute atomic E-state index is 9.44. The van der Waals surface area contributed by atoms with Crippen molar-refractivity contribution in [2.75, 3.05) is 39.9 Å². The van der Waals surface area contributed by atoms with Gasteiger partial charge in [-0.2, -0.15) is 5.26 Å². The molecule has 86 valence electrons. The molecule has 4 heteroatoms. The monoisotopic (exact) mass is 211 g/mol. The van der Waals surface area contributed by atoms with E-state index in [1.165, 1.54) is 0 Å². The van der Waals surface area contributed by atoms with Crippen LogP contribution < -0.4 is 5.32 Å². The average Bonchev–Trinajstić information content (AvgIpc) is 2.26. The first kappa shape index (κ1) is 12.4. The van der Waals surface area contributed by atoms with Gasteiger partial charge in [0, 0.05) is 33.3 Å². The number of nitrogens with zero attached hydrogens (tertiary/aromatic N) is 2. The Morgan fingerprint density at radius 2 is 2.07 bits per heavy atom. The Morgan fingerprint density at radius 1 is 1.47 bits per heavy atom. The van der Waals surface area contributed by atoms with Crippen molar-refractivity contribution in [2.45, 2.75) is 19.4 Å². The molecular formula is C11H21N3O. The fourth-order valence-electron chi connectivity index (χ4n) is 2.14. The van der Waals surface area contributed by atoms with Gasteiger partial charge in [-0.05, 0) is 5.92 Å². The molecule has 1 rings (SSSR count). The molecule has 1 N–H and O–H groups in total. The van der Waals surface area contributed by atoms with E-state index in [2.05, 4.69) is 30.1 Å². The Kier molecular flexibility index (Phi) is 4.52. The SMILES string of the molecule is COCC(C#N)(C(C)C)N1CCNCC1. The van der Waals surface area contributed by atoms with Gasteiger partial charge in [-0.1, -0.05) is 13.8 Å². The number of hydrogen-bond acceptors (Lipinski definition) is 4. The highest BCUT2D eigenvalue weighted by molar-refractivity contribution is 5.11. The number of ether oxygens (including phenoxy) is 1. The summed E-state index contributed by atoms with van der Waals surface area (Å²) in [7, 11) is 1.66. The van der Waals surface area contributed by atoms with Crippen LogP contribution in [-0.4, -0.2) is 50.3 Å². The molecule has 0 saturated carbocycles. The smallest absolute Gasteiger partial charge is 0.135 e. The molecule has 1 aliphatic heterocycles. The Labute approximate surface area is 92.2 Å². The standard InChI is InChI=1S/C11H21N3O/c1-10(2)11(8-12,9-15-3)14-6-4-13-5-7-14/h10,13H,4-7,9H2,1-3H3. The first-order chi connectivity index (χ1) is 7.17. The second-order valence-corrected chi connectivity index (χ2v) is 4.36. The fourth-order valence-corrected chi connectivity index (χ4v) is 2.14. The third-order valence-corrected chi connectivity index (χ3v) is 3.19. The fraction of sp³-hybridized carbons (Fsp3) is 0.909. The average molecular weight is 211 g/mol. The Balaban J connectivity index is 2.82. The van der Waals surface area contributed by atoms with Gasteiger partial charge in [0.05, 0.1) is 12.7 Å². The molecule has 0 aromatic rings. The van der Waals surface area contributed by atoms with Gasteiger partial charge in [0.2, 0.25) is 0 Å². The maximum Gasteiger partial charge on any atom is 0.135 e. The van der Waals surface area contributed by atoms with E-state index in [1.54, 1.807) is 7.11 Å². The van der Waals surface area contributed by atoms with Crippen molar-refractivity contribution in [3.8, 4) is 6.07 Å². The maximum atomic E-state index is 9.44. The topological polar surface area (TPSA) is 48.3 Å². The third kappa shape index (κ3) is 2.49. The van der Waals surface area contributed by atoms with Crippen LogP contribution >= 0.6 is 0 Å². The summed E-state index contributed by atoms with van der Waals surface area (Å²) in [4.78, 5) is 2.25. The Hall–Kier alpha value is -0.630. The van der Waals surface area contributed by atoms with Crippen molar-refractivity contribution in [2.24, 2.45) is 5.92 Å². The Morgan fingerprint density at radius 3 is 2.47 bits per heavy atom.